The second-order valence-corrected chi connectivity index (χ2v) is 8.01. The summed E-state index contributed by atoms with van der Waals surface area (Å²) in [6.07, 6.45) is 1.23. The zero-order chi connectivity index (χ0) is 21.7. The summed E-state index contributed by atoms with van der Waals surface area (Å²) in [5.41, 5.74) is 4.69. The standard InChI is InChI=1S/2C11H12ClNO2/c2*1-15-11(14)10-6-8-4-2-3-5-9(8)7-13(10)12/h2*2-5,10H,6-7H2,1H3. The number of ether oxygens (including phenoxy) is 2. The van der Waals surface area contributed by atoms with Gasteiger partial charge in [-0.25, -0.2) is 8.84 Å². The van der Waals surface area contributed by atoms with Gasteiger partial charge in [-0.15, -0.1) is 0 Å². The van der Waals surface area contributed by atoms with Gasteiger partial charge in [0.05, 0.1) is 14.2 Å². The molecular formula is C22H24Cl2N2O4. The lowest BCUT2D eigenvalue weighted by Crippen LogP contribution is -2.40. The number of fused-ring (bicyclic) bond motifs is 2. The van der Waals surface area contributed by atoms with E-state index in [9.17, 15) is 9.59 Å². The van der Waals surface area contributed by atoms with Gasteiger partial charge in [-0.05, 0) is 45.8 Å². The minimum absolute atomic E-state index is 0.278. The molecule has 2 unspecified atom stereocenters. The topological polar surface area (TPSA) is 59.1 Å². The Labute approximate surface area is 186 Å². The number of carbonyl (C=O) groups is 2. The Morgan fingerprint density at radius 2 is 1.07 bits per heavy atom. The number of benzene rings is 2. The van der Waals surface area contributed by atoms with Crippen molar-refractivity contribution < 1.29 is 19.1 Å². The number of nitrogens with zero attached hydrogens (tertiary/aromatic N) is 2. The zero-order valence-electron chi connectivity index (χ0n) is 16.9. The van der Waals surface area contributed by atoms with Crippen molar-refractivity contribution in [1.29, 1.82) is 0 Å². The fourth-order valence-corrected chi connectivity index (χ4v) is 4.20. The second-order valence-electron chi connectivity index (χ2n) is 7.14. The highest BCUT2D eigenvalue weighted by Crippen LogP contribution is 2.26. The molecule has 0 fully saturated rings. The van der Waals surface area contributed by atoms with Crippen molar-refractivity contribution in [2.24, 2.45) is 0 Å². The maximum Gasteiger partial charge on any atom is 0.324 e. The van der Waals surface area contributed by atoms with Gasteiger partial charge in [0.15, 0.2) is 0 Å². The summed E-state index contributed by atoms with van der Waals surface area (Å²) in [5, 5.41) is 0. The van der Waals surface area contributed by atoms with Crippen molar-refractivity contribution in [1.82, 2.24) is 8.84 Å². The first-order valence-corrected chi connectivity index (χ1v) is 10.3. The van der Waals surface area contributed by atoms with Crippen molar-refractivity contribution in [2.75, 3.05) is 14.2 Å². The summed E-state index contributed by atoms with van der Waals surface area (Å²) in [7, 11) is 2.77. The van der Waals surface area contributed by atoms with Crippen LogP contribution in [0.2, 0.25) is 0 Å². The van der Waals surface area contributed by atoms with Crippen LogP contribution in [0, 0.1) is 0 Å². The Kier molecular flexibility index (Phi) is 7.72. The number of hydrogen-bond donors (Lipinski definition) is 0. The van der Waals surface area contributed by atoms with Crippen molar-refractivity contribution in [3.63, 3.8) is 0 Å². The third-order valence-corrected chi connectivity index (χ3v) is 6.04. The summed E-state index contributed by atoms with van der Waals surface area (Å²) >= 11 is 12.0. The first-order chi connectivity index (χ1) is 14.4. The van der Waals surface area contributed by atoms with Crippen LogP contribution in [0.1, 0.15) is 22.3 Å². The molecule has 6 nitrogen and oxygen atoms in total. The Balaban J connectivity index is 0.000000171. The van der Waals surface area contributed by atoms with Crippen molar-refractivity contribution in [3.8, 4) is 0 Å². The molecule has 2 aliphatic heterocycles. The van der Waals surface area contributed by atoms with Crippen molar-refractivity contribution in [3.05, 3.63) is 70.8 Å². The first kappa shape index (κ1) is 22.6. The predicted molar refractivity (Wildman–Crippen MR) is 115 cm³/mol. The zero-order valence-corrected chi connectivity index (χ0v) is 18.4. The Morgan fingerprint density at radius 3 is 1.40 bits per heavy atom. The Bertz CT molecular complexity index is 835. The average Bonchev–Trinajstić information content (AvgIpc) is 2.77. The molecule has 0 saturated heterocycles. The van der Waals surface area contributed by atoms with E-state index in [1.807, 2.05) is 48.5 Å². The van der Waals surface area contributed by atoms with E-state index in [2.05, 4.69) is 0 Å². The minimum Gasteiger partial charge on any atom is -0.468 e. The van der Waals surface area contributed by atoms with E-state index in [0.717, 1.165) is 0 Å². The average molecular weight is 451 g/mol. The summed E-state index contributed by atoms with van der Waals surface area (Å²) in [5.74, 6) is -0.556. The lowest BCUT2D eigenvalue weighted by Gasteiger charge is -2.29. The number of esters is 2. The van der Waals surface area contributed by atoms with Crippen LogP contribution in [0.4, 0.5) is 0 Å². The molecule has 0 spiro atoms. The van der Waals surface area contributed by atoms with Crippen LogP contribution in [0.5, 0.6) is 0 Å². The van der Waals surface area contributed by atoms with Gasteiger partial charge in [0.2, 0.25) is 0 Å². The van der Waals surface area contributed by atoms with Crippen LogP contribution in [0.25, 0.3) is 0 Å². The predicted octanol–water partition coefficient (Wildman–Crippen LogP) is 3.48. The van der Waals surface area contributed by atoms with Crippen LogP contribution < -0.4 is 0 Å². The molecule has 0 aliphatic carbocycles. The molecule has 0 N–H and O–H groups in total. The third kappa shape index (κ3) is 5.13. The molecule has 2 aromatic carbocycles. The van der Waals surface area contributed by atoms with E-state index in [1.54, 1.807) is 0 Å². The van der Waals surface area contributed by atoms with E-state index in [1.165, 1.54) is 45.3 Å². The lowest BCUT2D eigenvalue weighted by atomic mass is 9.96. The van der Waals surface area contributed by atoms with Crippen LogP contribution >= 0.6 is 23.6 Å². The fraction of sp³-hybridized carbons (Fsp3) is 0.364. The number of halogens is 2. The summed E-state index contributed by atoms with van der Waals surface area (Å²) in [6.45, 7) is 1.16. The van der Waals surface area contributed by atoms with Gasteiger partial charge >= 0.3 is 11.9 Å². The third-order valence-electron chi connectivity index (χ3n) is 5.33. The molecule has 0 saturated carbocycles. The molecule has 0 radical (unpaired) electrons. The van der Waals surface area contributed by atoms with Gasteiger partial charge < -0.3 is 9.47 Å². The molecule has 4 rings (SSSR count). The van der Waals surface area contributed by atoms with Gasteiger partial charge in [0.25, 0.3) is 0 Å². The highest BCUT2D eigenvalue weighted by Gasteiger charge is 2.32. The Hall–Kier alpha value is -2.12. The number of hydrogen-bond acceptors (Lipinski definition) is 6. The van der Waals surface area contributed by atoms with E-state index in [-0.39, 0.29) is 24.0 Å². The molecule has 160 valence electrons. The molecule has 0 bridgehead atoms. The second kappa shape index (κ2) is 10.3. The molecule has 2 aliphatic rings. The summed E-state index contributed by atoms with van der Waals surface area (Å²) in [4.78, 5) is 22.9. The maximum atomic E-state index is 11.4. The maximum absolute atomic E-state index is 11.4. The molecule has 2 heterocycles. The summed E-state index contributed by atoms with van der Waals surface area (Å²) in [6, 6.07) is 15.2. The van der Waals surface area contributed by atoms with Gasteiger partial charge in [0.1, 0.15) is 12.1 Å². The first-order valence-electron chi connectivity index (χ1n) is 9.58. The van der Waals surface area contributed by atoms with Crippen LogP contribution in [-0.4, -0.2) is 47.1 Å². The fourth-order valence-electron chi connectivity index (χ4n) is 3.65. The highest BCUT2D eigenvalue weighted by atomic mass is 35.5. The van der Waals surface area contributed by atoms with Crippen LogP contribution in [-0.2, 0) is 45.0 Å². The SMILES string of the molecule is COC(=O)C1Cc2ccccc2CN1Cl.COC(=O)C1Cc2ccccc2CN1Cl. The van der Waals surface area contributed by atoms with Crippen molar-refractivity contribution in [2.45, 2.75) is 38.0 Å². The van der Waals surface area contributed by atoms with E-state index in [0.29, 0.717) is 25.9 Å². The molecule has 0 amide bonds. The number of methoxy groups -OCH3 is 2. The minimum atomic E-state index is -0.369. The van der Waals surface area contributed by atoms with E-state index in [4.69, 9.17) is 33.0 Å². The molecule has 0 aromatic heterocycles. The highest BCUT2D eigenvalue weighted by molar-refractivity contribution is 6.15. The lowest BCUT2D eigenvalue weighted by molar-refractivity contribution is -0.146. The Morgan fingerprint density at radius 1 is 0.733 bits per heavy atom. The molecule has 30 heavy (non-hydrogen) atoms. The van der Waals surface area contributed by atoms with Gasteiger partial charge in [-0.2, -0.15) is 0 Å². The molecular weight excluding hydrogens is 427 g/mol. The smallest absolute Gasteiger partial charge is 0.324 e. The molecule has 2 atom stereocenters. The van der Waals surface area contributed by atoms with Gasteiger partial charge in [-0.3, -0.25) is 9.59 Å². The normalized spacial score (nSPS) is 20.8. The van der Waals surface area contributed by atoms with Crippen LogP contribution in [0.15, 0.2) is 48.5 Å². The van der Waals surface area contributed by atoms with Crippen LogP contribution in [0.3, 0.4) is 0 Å². The van der Waals surface area contributed by atoms with E-state index >= 15 is 0 Å². The summed E-state index contributed by atoms with van der Waals surface area (Å²) < 4.78 is 12.4. The molecule has 2 aromatic rings. The van der Waals surface area contributed by atoms with Gasteiger partial charge in [-0.1, -0.05) is 48.5 Å². The number of carbonyl (C=O) groups excluding carboxylic acids is 2. The van der Waals surface area contributed by atoms with Crippen molar-refractivity contribution >= 4 is 35.5 Å². The van der Waals surface area contributed by atoms with E-state index < -0.39 is 0 Å². The monoisotopic (exact) mass is 450 g/mol. The quantitative estimate of drug-likeness (QED) is 0.515. The largest absolute Gasteiger partial charge is 0.468 e. The molecule has 8 heteroatoms. The number of rotatable bonds is 2. The van der Waals surface area contributed by atoms with Gasteiger partial charge in [0, 0.05) is 25.9 Å².